The van der Waals surface area contributed by atoms with E-state index in [9.17, 15) is 19.2 Å². The minimum atomic E-state index is -0.706. The second-order valence-electron chi connectivity index (χ2n) is 9.99. The zero-order valence-electron chi connectivity index (χ0n) is 21.6. The maximum absolute atomic E-state index is 13.9. The summed E-state index contributed by atoms with van der Waals surface area (Å²) in [7, 11) is 3.91. The van der Waals surface area contributed by atoms with Crippen LogP contribution in [-0.2, 0) is 25.7 Å². The number of carbonyl (C=O) groups excluding carboxylic acids is 3. The van der Waals surface area contributed by atoms with Crippen LogP contribution in [0.2, 0.25) is 0 Å². The first-order valence-corrected chi connectivity index (χ1v) is 14.5. The molecule has 3 atom stereocenters. The summed E-state index contributed by atoms with van der Waals surface area (Å²) in [5.74, 6) is -1.87. The third-order valence-electron chi connectivity index (χ3n) is 7.49. The predicted molar refractivity (Wildman–Crippen MR) is 151 cm³/mol. The molecule has 0 N–H and O–H groups in total. The molecule has 0 radical (unpaired) electrons. The molecule has 6 rings (SSSR count). The van der Waals surface area contributed by atoms with E-state index >= 15 is 0 Å². The van der Waals surface area contributed by atoms with Crippen molar-refractivity contribution in [1.29, 1.82) is 0 Å². The molecule has 4 heterocycles. The Morgan fingerprint density at radius 3 is 2.33 bits per heavy atom. The Balaban J connectivity index is 1.44. The molecule has 3 aromatic rings. The maximum atomic E-state index is 13.9. The number of ether oxygens (including phenoxy) is 1. The molecule has 2 saturated heterocycles. The van der Waals surface area contributed by atoms with Crippen LogP contribution >= 0.6 is 23.1 Å². The molecule has 11 heteroatoms. The van der Waals surface area contributed by atoms with Gasteiger partial charge in [0.25, 0.3) is 0 Å². The zero-order valence-corrected chi connectivity index (χ0v) is 23.2. The molecule has 3 amide bonds. The van der Waals surface area contributed by atoms with Gasteiger partial charge in [-0.1, -0.05) is 53.4 Å². The Kier molecular flexibility index (Phi) is 6.82. The van der Waals surface area contributed by atoms with E-state index in [-0.39, 0.29) is 29.1 Å². The number of morpholine rings is 1. The number of imide groups is 1. The number of thioether (sulfide) groups is 1. The fourth-order valence-corrected chi connectivity index (χ4v) is 8.25. The Morgan fingerprint density at radius 2 is 1.67 bits per heavy atom. The number of hydrogen-bond acceptors (Lipinski definition) is 8. The molecule has 0 aliphatic carbocycles. The van der Waals surface area contributed by atoms with Gasteiger partial charge in [0.05, 0.1) is 29.8 Å². The van der Waals surface area contributed by atoms with Gasteiger partial charge in [-0.05, 0) is 29.8 Å². The zero-order chi connectivity index (χ0) is 27.3. The molecule has 9 nitrogen and oxygen atoms in total. The molecule has 39 heavy (non-hydrogen) atoms. The highest BCUT2D eigenvalue weighted by Crippen LogP contribution is 2.54. The summed E-state index contributed by atoms with van der Waals surface area (Å²) in [6.07, 6.45) is 0. The lowest BCUT2D eigenvalue weighted by Crippen LogP contribution is -2.43. The molecule has 0 saturated carbocycles. The molecule has 0 bridgehead atoms. The van der Waals surface area contributed by atoms with Crippen LogP contribution in [0.1, 0.15) is 16.4 Å². The Hall–Kier alpha value is -3.41. The van der Waals surface area contributed by atoms with Gasteiger partial charge in [-0.3, -0.25) is 23.7 Å². The van der Waals surface area contributed by atoms with E-state index in [0.29, 0.717) is 37.0 Å². The summed E-state index contributed by atoms with van der Waals surface area (Å²) in [5.41, 5.74) is 2.40. The van der Waals surface area contributed by atoms with Crippen molar-refractivity contribution in [2.24, 2.45) is 5.92 Å². The first-order chi connectivity index (χ1) is 18.8. The van der Waals surface area contributed by atoms with Crippen molar-refractivity contribution >= 4 is 52.2 Å². The molecule has 2 unspecified atom stereocenters. The molecule has 2 fully saturated rings. The third kappa shape index (κ3) is 4.48. The largest absolute Gasteiger partial charge is 0.378 e. The summed E-state index contributed by atoms with van der Waals surface area (Å²) < 4.78 is 6.85. The van der Waals surface area contributed by atoms with Crippen molar-refractivity contribution in [3.63, 3.8) is 0 Å². The van der Waals surface area contributed by atoms with Crippen molar-refractivity contribution in [2.75, 3.05) is 50.2 Å². The molecule has 3 aliphatic heterocycles. The molecule has 1 aromatic heterocycles. The average Bonchev–Trinajstić information content (AvgIpc) is 3.40. The number of aromatic nitrogens is 1. The summed E-state index contributed by atoms with van der Waals surface area (Å²) in [6, 6.07) is 16.8. The van der Waals surface area contributed by atoms with Crippen LogP contribution in [0.25, 0.3) is 0 Å². The van der Waals surface area contributed by atoms with E-state index in [1.165, 1.54) is 21.2 Å². The molecule has 3 aliphatic rings. The number of hydrogen-bond donors (Lipinski definition) is 0. The van der Waals surface area contributed by atoms with Crippen molar-refractivity contribution in [3.8, 4) is 0 Å². The second kappa shape index (κ2) is 10.3. The minimum absolute atomic E-state index is 0.105. The first-order valence-electron chi connectivity index (χ1n) is 12.8. The van der Waals surface area contributed by atoms with Gasteiger partial charge in [-0.2, -0.15) is 0 Å². The van der Waals surface area contributed by atoms with Crippen LogP contribution in [0.15, 0.2) is 64.4 Å². The number of amides is 3. The van der Waals surface area contributed by atoms with Crippen molar-refractivity contribution in [1.82, 2.24) is 9.47 Å². The lowest BCUT2D eigenvalue weighted by Gasteiger charge is -2.31. The number of carbonyl (C=O) groups is 3. The monoisotopic (exact) mass is 564 g/mol. The lowest BCUT2D eigenvalue weighted by molar-refractivity contribution is -0.136. The van der Waals surface area contributed by atoms with Gasteiger partial charge in [0, 0.05) is 43.7 Å². The van der Waals surface area contributed by atoms with Crippen LogP contribution in [0, 0.1) is 5.92 Å². The Morgan fingerprint density at radius 1 is 0.974 bits per heavy atom. The van der Waals surface area contributed by atoms with Crippen LogP contribution in [-0.4, -0.2) is 72.8 Å². The molecular formula is C28H28N4O5S2. The maximum Gasteiger partial charge on any atom is 0.308 e. The number of nitrogens with zero attached hydrogens (tertiary/aromatic N) is 4. The van der Waals surface area contributed by atoms with Crippen molar-refractivity contribution in [3.05, 3.63) is 74.7 Å². The van der Waals surface area contributed by atoms with Crippen LogP contribution in [0.3, 0.4) is 0 Å². The summed E-state index contributed by atoms with van der Waals surface area (Å²) in [6.45, 7) is 1.80. The Bertz CT molecular complexity index is 1480. The number of benzene rings is 2. The quantitative estimate of drug-likeness (QED) is 0.440. The van der Waals surface area contributed by atoms with Crippen LogP contribution < -0.4 is 14.7 Å². The minimum Gasteiger partial charge on any atom is -0.378 e. The number of rotatable bonds is 5. The second-order valence-corrected chi connectivity index (χ2v) is 12.1. The number of thiazole rings is 1. The van der Waals surface area contributed by atoms with E-state index in [1.807, 2.05) is 49.3 Å². The highest BCUT2D eigenvalue weighted by molar-refractivity contribution is 8.00. The van der Waals surface area contributed by atoms with E-state index < -0.39 is 17.1 Å². The lowest BCUT2D eigenvalue weighted by atomic mass is 9.83. The van der Waals surface area contributed by atoms with Crippen molar-refractivity contribution < 1.29 is 19.1 Å². The first kappa shape index (κ1) is 25.8. The molecule has 202 valence electrons. The van der Waals surface area contributed by atoms with Crippen LogP contribution in [0.5, 0.6) is 0 Å². The highest BCUT2D eigenvalue weighted by atomic mass is 32.2. The normalized spacial score (nSPS) is 22.6. The standard InChI is InChI=1S/C28H28N4O5S2/c1-29(2)18-10-8-17(9-11-18)21-22-23(26(35)32(25(22)34)19-6-4-3-5-7-19)38-27-24(21)39-28(36)31(27)16-20(33)30-12-14-37-15-13-30/h3-11,21-23H,12-16H2,1-2H3/t21-,22?,23?/m1/s1. The van der Waals surface area contributed by atoms with Gasteiger partial charge in [0.2, 0.25) is 17.7 Å². The number of anilines is 2. The van der Waals surface area contributed by atoms with Gasteiger partial charge >= 0.3 is 4.87 Å². The molecule has 2 aromatic carbocycles. The fourth-order valence-electron chi connectivity index (χ4n) is 5.47. The van der Waals surface area contributed by atoms with Crippen LogP contribution in [0.4, 0.5) is 11.4 Å². The van der Waals surface area contributed by atoms with Gasteiger partial charge in [-0.15, -0.1) is 0 Å². The molecular weight excluding hydrogens is 536 g/mol. The van der Waals surface area contributed by atoms with Gasteiger partial charge in [-0.25, -0.2) is 4.90 Å². The van der Waals surface area contributed by atoms with Gasteiger partial charge in [0.1, 0.15) is 11.8 Å². The van der Waals surface area contributed by atoms with Gasteiger partial charge < -0.3 is 14.5 Å². The number of fused-ring (bicyclic) bond motifs is 2. The van der Waals surface area contributed by atoms with E-state index in [1.54, 1.807) is 29.2 Å². The predicted octanol–water partition coefficient (Wildman–Crippen LogP) is 2.63. The average molecular weight is 565 g/mol. The summed E-state index contributed by atoms with van der Waals surface area (Å²) in [5, 5.41) is -0.104. The molecule has 0 spiro atoms. The van der Waals surface area contributed by atoms with Crippen molar-refractivity contribution in [2.45, 2.75) is 22.7 Å². The van der Waals surface area contributed by atoms with E-state index in [0.717, 1.165) is 27.5 Å². The van der Waals surface area contributed by atoms with E-state index in [4.69, 9.17) is 4.74 Å². The topological polar surface area (TPSA) is 92.2 Å². The highest BCUT2D eigenvalue weighted by Gasteiger charge is 2.56. The third-order valence-corrected chi connectivity index (χ3v) is 10.1. The summed E-state index contributed by atoms with van der Waals surface area (Å²) >= 11 is 2.30. The fraction of sp³-hybridized carbons (Fsp3) is 0.357. The SMILES string of the molecule is CN(C)c1ccc([C@H]2c3sc(=O)n(CC(=O)N4CCOCC4)c3SC3C(=O)N(c4ccccc4)C(=O)C32)cc1. The Labute approximate surface area is 234 Å². The van der Waals surface area contributed by atoms with Gasteiger partial charge in [0.15, 0.2) is 0 Å². The summed E-state index contributed by atoms with van der Waals surface area (Å²) in [4.78, 5) is 59.5. The van der Waals surface area contributed by atoms with E-state index in [2.05, 4.69) is 0 Å². The smallest absolute Gasteiger partial charge is 0.308 e. The number of para-hydroxylation sites is 1.